The summed E-state index contributed by atoms with van der Waals surface area (Å²) in [5, 5.41) is 3.00. The summed E-state index contributed by atoms with van der Waals surface area (Å²) < 4.78 is 0. The van der Waals surface area contributed by atoms with Crippen LogP contribution in [0.4, 0.5) is 0 Å². The predicted octanol–water partition coefficient (Wildman–Crippen LogP) is 3.14. The van der Waals surface area contributed by atoms with Crippen molar-refractivity contribution in [2.24, 2.45) is 5.73 Å². The highest BCUT2D eigenvalue weighted by molar-refractivity contribution is 5.95. The van der Waals surface area contributed by atoms with E-state index >= 15 is 0 Å². The summed E-state index contributed by atoms with van der Waals surface area (Å²) in [6, 6.07) is 17.5. The number of carbonyl (C=O) groups excluding carboxylic acids is 1. The van der Waals surface area contributed by atoms with E-state index in [0.717, 1.165) is 17.0 Å². The Morgan fingerprint density at radius 3 is 2.58 bits per heavy atom. The molecule has 26 heavy (non-hydrogen) atoms. The molecular formula is C21H22N4O. The molecule has 5 nitrogen and oxygen atoms in total. The fraction of sp³-hybridized carbons (Fsp3) is 0.190. The van der Waals surface area contributed by atoms with Gasteiger partial charge in [0.25, 0.3) is 5.91 Å². The van der Waals surface area contributed by atoms with Crippen LogP contribution in [0.25, 0.3) is 11.3 Å². The van der Waals surface area contributed by atoms with E-state index in [1.807, 2.05) is 36.4 Å². The van der Waals surface area contributed by atoms with Crippen LogP contribution in [0.15, 0.2) is 67.0 Å². The third kappa shape index (κ3) is 4.32. The Kier molecular flexibility index (Phi) is 5.71. The van der Waals surface area contributed by atoms with Gasteiger partial charge in [-0.3, -0.25) is 14.8 Å². The molecule has 0 saturated heterocycles. The van der Waals surface area contributed by atoms with Gasteiger partial charge in [0, 0.05) is 24.2 Å². The molecule has 3 aromatic rings. The van der Waals surface area contributed by atoms with Crippen LogP contribution < -0.4 is 11.1 Å². The zero-order valence-electron chi connectivity index (χ0n) is 14.7. The Morgan fingerprint density at radius 2 is 1.88 bits per heavy atom. The van der Waals surface area contributed by atoms with E-state index in [0.29, 0.717) is 18.7 Å². The molecule has 0 spiro atoms. The number of nitrogens with one attached hydrogen (secondary N) is 1. The van der Waals surface area contributed by atoms with Crippen molar-refractivity contribution in [1.29, 1.82) is 0 Å². The first-order valence-electron chi connectivity index (χ1n) is 8.62. The van der Waals surface area contributed by atoms with Gasteiger partial charge in [-0.05, 0) is 23.6 Å². The van der Waals surface area contributed by atoms with Crippen LogP contribution in [0.1, 0.15) is 34.5 Å². The zero-order chi connectivity index (χ0) is 18.4. The topological polar surface area (TPSA) is 80.9 Å². The molecule has 3 N–H and O–H groups in total. The molecule has 1 unspecified atom stereocenters. The van der Waals surface area contributed by atoms with Crippen LogP contribution in [-0.2, 0) is 6.54 Å². The second kappa shape index (κ2) is 8.36. The third-order valence-electron chi connectivity index (χ3n) is 4.27. The van der Waals surface area contributed by atoms with E-state index in [9.17, 15) is 4.79 Å². The Labute approximate surface area is 153 Å². The minimum atomic E-state index is -0.0961. The average Bonchev–Trinajstić information content (AvgIpc) is 2.72. The molecule has 132 valence electrons. The van der Waals surface area contributed by atoms with E-state index < -0.39 is 0 Å². The Morgan fingerprint density at radius 1 is 1.08 bits per heavy atom. The first kappa shape index (κ1) is 17.8. The normalized spacial score (nSPS) is 11.8. The molecule has 1 atom stereocenters. The smallest absolute Gasteiger partial charge is 0.251 e. The van der Waals surface area contributed by atoms with Crippen molar-refractivity contribution in [3.8, 4) is 11.3 Å². The first-order valence-corrected chi connectivity index (χ1v) is 8.62. The van der Waals surface area contributed by atoms with Gasteiger partial charge >= 0.3 is 0 Å². The summed E-state index contributed by atoms with van der Waals surface area (Å²) in [5.41, 5.74) is 9.66. The van der Waals surface area contributed by atoms with Gasteiger partial charge in [-0.25, -0.2) is 0 Å². The summed E-state index contributed by atoms with van der Waals surface area (Å²) in [4.78, 5) is 21.1. The van der Waals surface area contributed by atoms with Crippen molar-refractivity contribution in [1.82, 2.24) is 15.3 Å². The van der Waals surface area contributed by atoms with E-state index in [2.05, 4.69) is 34.3 Å². The van der Waals surface area contributed by atoms with E-state index in [1.165, 1.54) is 5.56 Å². The SMILES string of the molecule is CC(CNC(=O)c1cccc(-c2cnc(CN)cn2)c1)c1ccccc1. The van der Waals surface area contributed by atoms with Crippen molar-refractivity contribution in [2.75, 3.05) is 6.54 Å². The van der Waals surface area contributed by atoms with Gasteiger partial charge in [-0.15, -0.1) is 0 Å². The number of hydrogen-bond donors (Lipinski definition) is 2. The van der Waals surface area contributed by atoms with Crippen molar-refractivity contribution < 1.29 is 4.79 Å². The molecule has 0 aliphatic rings. The molecule has 0 fully saturated rings. The van der Waals surface area contributed by atoms with Crippen LogP contribution in [-0.4, -0.2) is 22.4 Å². The van der Waals surface area contributed by atoms with Crippen LogP contribution in [0.3, 0.4) is 0 Å². The Balaban J connectivity index is 1.68. The molecule has 0 aliphatic carbocycles. The lowest BCUT2D eigenvalue weighted by molar-refractivity contribution is 0.0951. The molecule has 0 radical (unpaired) electrons. The highest BCUT2D eigenvalue weighted by Gasteiger charge is 2.11. The minimum Gasteiger partial charge on any atom is -0.351 e. The lowest BCUT2D eigenvalue weighted by atomic mass is 10.0. The van der Waals surface area contributed by atoms with Crippen molar-refractivity contribution in [3.63, 3.8) is 0 Å². The average molecular weight is 346 g/mol. The molecule has 1 aromatic heterocycles. The van der Waals surface area contributed by atoms with Gasteiger partial charge in [-0.1, -0.05) is 49.4 Å². The van der Waals surface area contributed by atoms with Gasteiger partial charge in [-0.2, -0.15) is 0 Å². The standard InChI is InChI=1S/C21H22N4O/c1-15(16-6-3-2-4-7-16)12-25-21(26)18-9-5-8-17(10-18)20-14-23-19(11-22)13-24-20/h2-10,13-15H,11-12,22H2,1H3,(H,25,26). The minimum absolute atomic E-state index is 0.0961. The number of amides is 1. The highest BCUT2D eigenvalue weighted by Crippen LogP contribution is 2.18. The molecule has 3 rings (SSSR count). The molecule has 1 heterocycles. The van der Waals surface area contributed by atoms with Crippen LogP contribution in [0.2, 0.25) is 0 Å². The van der Waals surface area contributed by atoms with Crippen LogP contribution in [0, 0.1) is 0 Å². The van der Waals surface area contributed by atoms with Crippen LogP contribution >= 0.6 is 0 Å². The molecular weight excluding hydrogens is 324 g/mol. The number of nitrogens with two attached hydrogens (primary N) is 1. The van der Waals surface area contributed by atoms with Gasteiger partial charge in [0.05, 0.1) is 23.8 Å². The molecule has 0 saturated carbocycles. The number of rotatable bonds is 6. The summed E-state index contributed by atoms with van der Waals surface area (Å²) in [5.74, 6) is 0.152. The molecule has 0 aliphatic heterocycles. The van der Waals surface area contributed by atoms with E-state index in [-0.39, 0.29) is 11.8 Å². The summed E-state index contributed by atoms with van der Waals surface area (Å²) in [6.45, 7) is 3.04. The zero-order valence-corrected chi connectivity index (χ0v) is 14.7. The van der Waals surface area contributed by atoms with Gasteiger partial charge in [0.15, 0.2) is 0 Å². The Bertz CT molecular complexity index is 863. The number of nitrogens with zero attached hydrogens (tertiary/aromatic N) is 2. The molecule has 0 bridgehead atoms. The quantitative estimate of drug-likeness (QED) is 0.718. The summed E-state index contributed by atoms with van der Waals surface area (Å²) in [6.07, 6.45) is 3.33. The summed E-state index contributed by atoms with van der Waals surface area (Å²) >= 11 is 0. The Hall–Kier alpha value is -3.05. The molecule has 5 heteroatoms. The largest absolute Gasteiger partial charge is 0.351 e. The van der Waals surface area contributed by atoms with Gasteiger partial charge in [0.1, 0.15) is 0 Å². The van der Waals surface area contributed by atoms with Crippen molar-refractivity contribution in [3.05, 3.63) is 83.8 Å². The highest BCUT2D eigenvalue weighted by atomic mass is 16.1. The monoisotopic (exact) mass is 346 g/mol. The van der Waals surface area contributed by atoms with Crippen molar-refractivity contribution >= 4 is 5.91 Å². The van der Waals surface area contributed by atoms with Gasteiger partial charge in [0.2, 0.25) is 0 Å². The van der Waals surface area contributed by atoms with E-state index in [1.54, 1.807) is 18.5 Å². The lowest BCUT2D eigenvalue weighted by Gasteiger charge is -2.13. The van der Waals surface area contributed by atoms with E-state index in [4.69, 9.17) is 5.73 Å². The number of benzene rings is 2. The summed E-state index contributed by atoms with van der Waals surface area (Å²) in [7, 11) is 0. The van der Waals surface area contributed by atoms with Crippen molar-refractivity contribution in [2.45, 2.75) is 19.4 Å². The number of aromatic nitrogens is 2. The van der Waals surface area contributed by atoms with Crippen LogP contribution in [0.5, 0.6) is 0 Å². The maximum atomic E-state index is 12.5. The second-order valence-corrected chi connectivity index (χ2v) is 6.20. The second-order valence-electron chi connectivity index (χ2n) is 6.20. The molecule has 2 aromatic carbocycles. The number of carbonyl (C=O) groups is 1. The maximum Gasteiger partial charge on any atom is 0.251 e. The maximum absolute atomic E-state index is 12.5. The third-order valence-corrected chi connectivity index (χ3v) is 4.27. The molecule has 1 amide bonds. The lowest BCUT2D eigenvalue weighted by Crippen LogP contribution is -2.27. The van der Waals surface area contributed by atoms with Gasteiger partial charge < -0.3 is 11.1 Å². The predicted molar refractivity (Wildman–Crippen MR) is 103 cm³/mol. The fourth-order valence-electron chi connectivity index (χ4n) is 2.68. The number of hydrogen-bond acceptors (Lipinski definition) is 4. The first-order chi connectivity index (χ1) is 12.7. The fourth-order valence-corrected chi connectivity index (χ4v) is 2.68.